The Bertz CT molecular complexity index is 1610. The first-order chi connectivity index (χ1) is 19.8. The van der Waals surface area contributed by atoms with Crippen LogP contribution < -0.4 is 21.1 Å². The van der Waals surface area contributed by atoms with Gasteiger partial charge in [-0.1, -0.05) is 24.8 Å². The van der Waals surface area contributed by atoms with E-state index in [1.807, 2.05) is 46.3 Å². The highest BCUT2D eigenvalue weighted by Crippen LogP contribution is 2.42. The summed E-state index contributed by atoms with van der Waals surface area (Å²) in [6.45, 7) is 9.12. The van der Waals surface area contributed by atoms with Gasteiger partial charge in [0, 0.05) is 65.2 Å². The zero-order valence-electron chi connectivity index (χ0n) is 24.1. The SMILES string of the molecule is C=C(C(N)=O)c1cc(Nc2nccc(-c3c4n(c5ccccc35)CCOC4)n2)c(OCC)c(CCN(C)C)c1NC. The fraction of sp³-hybridized carbons (Fsp3) is 0.323. The van der Waals surface area contributed by atoms with Gasteiger partial charge in [0.2, 0.25) is 11.9 Å². The number of nitrogens with one attached hydrogen (secondary N) is 2. The monoisotopic (exact) mass is 555 g/mol. The zero-order chi connectivity index (χ0) is 29.1. The molecule has 1 amide bonds. The molecule has 10 heteroatoms. The van der Waals surface area contributed by atoms with Crippen LogP contribution in [-0.4, -0.2) is 66.2 Å². The largest absolute Gasteiger partial charge is 0.491 e. The Morgan fingerprint density at radius 1 is 1.27 bits per heavy atom. The number of carbonyl (C=O) groups is 1. The number of benzene rings is 2. The number of nitrogens with zero attached hydrogens (tertiary/aromatic N) is 4. The molecule has 2 aromatic carbocycles. The summed E-state index contributed by atoms with van der Waals surface area (Å²) in [4.78, 5) is 23.8. The molecule has 0 spiro atoms. The Hall–Kier alpha value is -4.41. The molecule has 4 aromatic rings. The van der Waals surface area contributed by atoms with Gasteiger partial charge in [0.05, 0.1) is 36.9 Å². The quantitative estimate of drug-likeness (QED) is 0.233. The first kappa shape index (κ1) is 28.1. The summed E-state index contributed by atoms with van der Waals surface area (Å²) in [5, 5.41) is 7.75. The average molecular weight is 556 g/mol. The number of hydrogen-bond acceptors (Lipinski definition) is 8. The van der Waals surface area contributed by atoms with Crippen LogP contribution in [0.2, 0.25) is 0 Å². The van der Waals surface area contributed by atoms with Crippen LogP contribution in [0.5, 0.6) is 5.75 Å². The van der Waals surface area contributed by atoms with E-state index < -0.39 is 5.91 Å². The molecular weight excluding hydrogens is 518 g/mol. The molecule has 214 valence electrons. The number of ether oxygens (including phenoxy) is 2. The molecule has 0 fully saturated rings. The van der Waals surface area contributed by atoms with Crippen LogP contribution in [0.25, 0.3) is 27.7 Å². The minimum Gasteiger partial charge on any atom is -0.491 e. The summed E-state index contributed by atoms with van der Waals surface area (Å²) >= 11 is 0. The van der Waals surface area contributed by atoms with Crippen LogP contribution in [-0.2, 0) is 29.1 Å². The molecule has 1 aliphatic rings. The highest BCUT2D eigenvalue weighted by molar-refractivity contribution is 6.20. The van der Waals surface area contributed by atoms with E-state index in [2.05, 4.69) is 49.9 Å². The molecule has 0 saturated carbocycles. The molecule has 0 atom stereocenters. The van der Waals surface area contributed by atoms with Crippen molar-refractivity contribution in [2.75, 3.05) is 51.5 Å². The lowest BCUT2D eigenvalue weighted by molar-refractivity contribution is -0.112. The van der Waals surface area contributed by atoms with Crippen LogP contribution >= 0.6 is 0 Å². The van der Waals surface area contributed by atoms with Gasteiger partial charge in [-0.2, -0.15) is 0 Å². The van der Waals surface area contributed by atoms with Crippen LogP contribution in [0, 0.1) is 0 Å². The van der Waals surface area contributed by atoms with Crippen molar-refractivity contribution in [1.29, 1.82) is 0 Å². The lowest BCUT2D eigenvalue weighted by Crippen LogP contribution is -2.19. The van der Waals surface area contributed by atoms with Crippen LogP contribution in [0.15, 0.2) is 49.2 Å². The molecule has 41 heavy (non-hydrogen) atoms. The molecule has 4 N–H and O–H groups in total. The number of likely N-dealkylation sites (N-methyl/N-ethyl adjacent to an activating group) is 1. The van der Waals surface area contributed by atoms with E-state index in [1.54, 1.807) is 6.20 Å². The zero-order valence-corrected chi connectivity index (χ0v) is 24.1. The number of nitrogens with two attached hydrogens (primary N) is 1. The van der Waals surface area contributed by atoms with E-state index in [1.165, 1.54) is 0 Å². The number of amides is 1. The second-order valence-electron chi connectivity index (χ2n) is 10.2. The lowest BCUT2D eigenvalue weighted by Gasteiger charge is -2.23. The van der Waals surface area contributed by atoms with Gasteiger partial charge in [-0.15, -0.1) is 0 Å². The van der Waals surface area contributed by atoms with Crippen LogP contribution in [0.3, 0.4) is 0 Å². The molecular formula is C31H37N7O3. The van der Waals surface area contributed by atoms with Crippen molar-refractivity contribution < 1.29 is 14.3 Å². The number of anilines is 3. The van der Waals surface area contributed by atoms with Crippen LogP contribution in [0.1, 0.15) is 23.7 Å². The first-order valence-electron chi connectivity index (χ1n) is 13.8. The summed E-state index contributed by atoms with van der Waals surface area (Å²) in [5.41, 5.74) is 12.9. The third-order valence-corrected chi connectivity index (χ3v) is 7.28. The van der Waals surface area contributed by atoms with Gasteiger partial charge in [-0.05, 0) is 45.6 Å². The molecule has 1 aliphatic heterocycles. The second kappa shape index (κ2) is 12.0. The van der Waals surface area contributed by atoms with Crippen molar-refractivity contribution >= 4 is 39.7 Å². The molecule has 0 aliphatic carbocycles. The third-order valence-electron chi connectivity index (χ3n) is 7.28. The van der Waals surface area contributed by atoms with Crippen molar-refractivity contribution in [2.45, 2.75) is 26.5 Å². The predicted molar refractivity (Wildman–Crippen MR) is 164 cm³/mol. The molecule has 2 aromatic heterocycles. The van der Waals surface area contributed by atoms with Gasteiger partial charge in [-0.25, -0.2) is 9.97 Å². The van der Waals surface area contributed by atoms with E-state index in [0.29, 0.717) is 49.2 Å². The Balaban J connectivity index is 1.63. The number of aromatic nitrogens is 3. The minimum absolute atomic E-state index is 0.202. The molecule has 3 heterocycles. The normalized spacial score (nSPS) is 12.8. The van der Waals surface area contributed by atoms with E-state index in [-0.39, 0.29) is 5.57 Å². The van der Waals surface area contributed by atoms with Gasteiger partial charge < -0.3 is 35.3 Å². The Morgan fingerprint density at radius 3 is 2.80 bits per heavy atom. The highest BCUT2D eigenvalue weighted by Gasteiger charge is 2.24. The Labute approximate surface area is 240 Å². The lowest BCUT2D eigenvalue weighted by atomic mass is 9.96. The highest BCUT2D eigenvalue weighted by atomic mass is 16.5. The van der Waals surface area contributed by atoms with Gasteiger partial charge in [0.15, 0.2) is 0 Å². The van der Waals surface area contributed by atoms with Crippen LogP contribution in [0.4, 0.5) is 17.3 Å². The molecule has 0 bridgehead atoms. The topological polar surface area (TPSA) is 120 Å². The van der Waals surface area contributed by atoms with Gasteiger partial charge in [-0.3, -0.25) is 4.79 Å². The van der Waals surface area contributed by atoms with Crippen molar-refractivity contribution in [3.63, 3.8) is 0 Å². The summed E-state index contributed by atoms with van der Waals surface area (Å²) in [5.74, 6) is 0.463. The maximum atomic E-state index is 12.2. The predicted octanol–water partition coefficient (Wildman–Crippen LogP) is 4.42. The summed E-state index contributed by atoms with van der Waals surface area (Å²) in [6, 6.07) is 12.1. The van der Waals surface area contributed by atoms with E-state index >= 15 is 0 Å². The number of hydrogen-bond donors (Lipinski definition) is 3. The second-order valence-corrected chi connectivity index (χ2v) is 10.2. The number of fused-ring (bicyclic) bond motifs is 3. The summed E-state index contributed by atoms with van der Waals surface area (Å²) in [6.07, 6.45) is 2.41. The molecule has 5 rings (SSSR count). The maximum absolute atomic E-state index is 12.2. The number of para-hydroxylation sites is 1. The van der Waals surface area contributed by atoms with Crippen molar-refractivity contribution in [3.8, 4) is 17.0 Å². The van der Waals surface area contributed by atoms with Gasteiger partial charge in [0.1, 0.15) is 5.75 Å². The van der Waals surface area contributed by atoms with E-state index in [9.17, 15) is 4.79 Å². The fourth-order valence-electron chi connectivity index (χ4n) is 5.40. The Morgan fingerprint density at radius 2 is 2.07 bits per heavy atom. The minimum atomic E-state index is -0.596. The third kappa shape index (κ3) is 5.48. The molecule has 0 saturated heterocycles. The number of carbonyl (C=O) groups excluding carboxylic acids is 1. The smallest absolute Gasteiger partial charge is 0.248 e. The standard InChI is InChI=1S/C31H37N7O3/c1-6-41-29-21(12-14-37(4)5)28(33-3)22(19(2)30(32)39)17-24(29)36-31-34-13-11-23(35-31)27-20-9-7-8-10-25(20)38-15-16-40-18-26(27)38/h7-11,13,17,33H,2,6,12,14-16,18H2,1,3-5H3,(H2,32,39)(H,34,35,36). The summed E-state index contributed by atoms with van der Waals surface area (Å²) in [7, 11) is 5.84. The van der Waals surface area contributed by atoms with E-state index in [0.717, 1.165) is 52.2 Å². The Kier molecular flexibility index (Phi) is 8.23. The van der Waals surface area contributed by atoms with Crippen molar-refractivity contribution in [1.82, 2.24) is 19.4 Å². The number of primary amides is 1. The first-order valence-corrected chi connectivity index (χ1v) is 13.8. The van der Waals surface area contributed by atoms with Crippen molar-refractivity contribution in [3.05, 3.63) is 66.0 Å². The number of rotatable bonds is 11. The van der Waals surface area contributed by atoms with Gasteiger partial charge >= 0.3 is 0 Å². The van der Waals surface area contributed by atoms with Crippen molar-refractivity contribution in [2.24, 2.45) is 5.73 Å². The average Bonchev–Trinajstić information content (AvgIpc) is 3.31. The maximum Gasteiger partial charge on any atom is 0.248 e. The van der Waals surface area contributed by atoms with Gasteiger partial charge in [0.25, 0.3) is 0 Å². The fourth-order valence-corrected chi connectivity index (χ4v) is 5.40. The molecule has 0 radical (unpaired) electrons. The molecule has 10 nitrogen and oxygen atoms in total. The van der Waals surface area contributed by atoms with E-state index in [4.69, 9.17) is 20.2 Å². The molecule has 0 unspecified atom stereocenters. The summed E-state index contributed by atoms with van der Waals surface area (Å²) < 4.78 is 14.3.